The number of amides is 1. The van der Waals surface area contributed by atoms with Crippen LogP contribution >= 0.6 is 0 Å². The topological polar surface area (TPSA) is 59.9 Å². The van der Waals surface area contributed by atoms with Crippen LogP contribution in [0, 0.1) is 0 Å². The van der Waals surface area contributed by atoms with Crippen LogP contribution in [0.3, 0.4) is 0 Å². The lowest BCUT2D eigenvalue weighted by Gasteiger charge is -2.24. The van der Waals surface area contributed by atoms with E-state index in [1.165, 1.54) is 18.2 Å². The van der Waals surface area contributed by atoms with Crippen LogP contribution < -0.4 is 14.9 Å². The molecule has 1 heterocycles. The maximum atomic E-state index is 12.9. The third-order valence-corrected chi connectivity index (χ3v) is 3.45. The van der Waals surface area contributed by atoms with Crippen molar-refractivity contribution in [3.8, 4) is 11.5 Å². The van der Waals surface area contributed by atoms with Crippen LogP contribution in [0.5, 0.6) is 11.5 Å². The molecule has 0 fully saturated rings. The molecule has 1 amide bonds. The van der Waals surface area contributed by atoms with Crippen LogP contribution in [-0.2, 0) is 11.0 Å². The highest BCUT2D eigenvalue weighted by molar-refractivity contribution is 5.86. The lowest BCUT2D eigenvalue weighted by Crippen LogP contribution is -2.42. The Morgan fingerprint density at radius 2 is 1.80 bits per heavy atom. The summed E-state index contributed by atoms with van der Waals surface area (Å²) < 4.78 is 49.5. The molecule has 0 aromatic heterocycles. The zero-order valence-corrected chi connectivity index (χ0v) is 12.8. The molecule has 0 saturated heterocycles. The minimum absolute atomic E-state index is 0.0164. The minimum atomic E-state index is -4.50. The van der Waals surface area contributed by atoms with Gasteiger partial charge in [-0.05, 0) is 18.2 Å². The van der Waals surface area contributed by atoms with Gasteiger partial charge in [0, 0.05) is 5.56 Å². The van der Waals surface area contributed by atoms with E-state index in [0.717, 1.165) is 12.3 Å². The Hall–Kier alpha value is -3.03. The van der Waals surface area contributed by atoms with Crippen molar-refractivity contribution in [3.05, 3.63) is 59.7 Å². The second-order valence-electron chi connectivity index (χ2n) is 5.18. The Labute approximate surface area is 141 Å². The molecule has 0 radical (unpaired) electrons. The third-order valence-electron chi connectivity index (χ3n) is 3.45. The molecular weight excluding hydrogens is 337 g/mol. The largest absolute Gasteiger partial charge is 0.485 e. The van der Waals surface area contributed by atoms with Gasteiger partial charge in [0.1, 0.15) is 6.61 Å². The molecule has 5 nitrogen and oxygen atoms in total. The number of carbonyl (C=O) groups excluding carboxylic acids is 1. The van der Waals surface area contributed by atoms with E-state index >= 15 is 0 Å². The normalized spacial score (nSPS) is 16.7. The van der Waals surface area contributed by atoms with E-state index in [0.29, 0.717) is 11.5 Å². The van der Waals surface area contributed by atoms with Gasteiger partial charge in [0.2, 0.25) is 6.10 Å². The fourth-order valence-corrected chi connectivity index (χ4v) is 2.25. The highest BCUT2D eigenvalue weighted by atomic mass is 19.4. The van der Waals surface area contributed by atoms with Gasteiger partial charge in [-0.1, -0.05) is 30.3 Å². The number of carbonyl (C=O) groups is 1. The molecule has 1 aliphatic heterocycles. The number of halogens is 3. The summed E-state index contributed by atoms with van der Waals surface area (Å²) in [6.45, 7) is -0.0164. The van der Waals surface area contributed by atoms with E-state index in [9.17, 15) is 18.0 Å². The fourth-order valence-electron chi connectivity index (χ4n) is 2.25. The van der Waals surface area contributed by atoms with E-state index in [-0.39, 0.29) is 12.2 Å². The molecule has 0 bridgehead atoms. The smallest absolute Gasteiger partial charge is 0.417 e. The van der Waals surface area contributed by atoms with Crippen LogP contribution in [0.2, 0.25) is 0 Å². The number of hydrazone groups is 1. The van der Waals surface area contributed by atoms with Crippen LogP contribution in [-0.4, -0.2) is 24.8 Å². The molecule has 0 aliphatic carbocycles. The van der Waals surface area contributed by atoms with Gasteiger partial charge in [0.25, 0.3) is 5.91 Å². The molecule has 130 valence electrons. The predicted octanol–water partition coefficient (Wildman–Crippen LogP) is 3.00. The number of fused-ring (bicyclic) bond motifs is 1. The Balaban J connectivity index is 1.65. The number of para-hydroxylation sites is 2. The maximum absolute atomic E-state index is 12.9. The second-order valence-corrected chi connectivity index (χ2v) is 5.18. The Kier molecular flexibility index (Phi) is 4.60. The standard InChI is InChI=1S/C17H13F3N2O3/c18-17(19,20)12-6-2-1-5-11(12)9-21-22-16(23)15-10-24-13-7-3-4-8-14(13)25-15/h1-9,15H,10H2,(H,22,23)/b21-9-/t15-/m0/s1. The van der Waals surface area contributed by atoms with Gasteiger partial charge in [-0.15, -0.1) is 0 Å². The van der Waals surface area contributed by atoms with E-state index in [1.807, 2.05) is 0 Å². The molecule has 1 N–H and O–H groups in total. The molecule has 0 saturated carbocycles. The molecule has 1 aliphatic rings. The van der Waals surface area contributed by atoms with E-state index in [2.05, 4.69) is 10.5 Å². The summed E-state index contributed by atoms with van der Waals surface area (Å²) in [5, 5.41) is 3.59. The lowest BCUT2D eigenvalue weighted by molar-refractivity contribution is -0.137. The summed E-state index contributed by atoms with van der Waals surface area (Å²) in [4.78, 5) is 12.0. The van der Waals surface area contributed by atoms with Crippen LogP contribution in [0.1, 0.15) is 11.1 Å². The molecular formula is C17H13F3N2O3. The van der Waals surface area contributed by atoms with Crippen molar-refractivity contribution in [2.45, 2.75) is 12.3 Å². The number of benzene rings is 2. The number of ether oxygens (including phenoxy) is 2. The zero-order chi connectivity index (χ0) is 17.9. The molecule has 2 aromatic carbocycles. The predicted molar refractivity (Wildman–Crippen MR) is 83.5 cm³/mol. The summed E-state index contributed by atoms with van der Waals surface area (Å²) in [7, 11) is 0. The zero-order valence-electron chi connectivity index (χ0n) is 12.8. The van der Waals surface area contributed by atoms with Gasteiger partial charge in [-0.25, -0.2) is 5.43 Å². The first-order chi connectivity index (χ1) is 11.9. The van der Waals surface area contributed by atoms with Gasteiger partial charge in [0.05, 0.1) is 11.8 Å². The van der Waals surface area contributed by atoms with Gasteiger partial charge in [-0.2, -0.15) is 18.3 Å². The average molecular weight is 350 g/mol. The van der Waals surface area contributed by atoms with Gasteiger partial charge >= 0.3 is 6.18 Å². The summed E-state index contributed by atoms with van der Waals surface area (Å²) in [5.74, 6) is 0.324. The van der Waals surface area contributed by atoms with Crippen LogP contribution in [0.4, 0.5) is 13.2 Å². The van der Waals surface area contributed by atoms with Crippen molar-refractivity contribution in [2.24, 2.45) is 5.10 Å². The molecule has 2 aromatic rings. The van der Waals surface area contributed by atoms with Crippen LogP contribution in [0.25, 0.3) is 0 Å². The van der Waals surface area contributed by atoms with Gasteiger partial charge in [0.15, 0.2) is 11.5 Å². The fraction of sp³-hybridized carbons (Fsp3) is 0.176. The van der Waals surface area contributed by atoms with E-state index < -0.39 is 23.8 Å². The SMILES string of the molecule is O=C(N/N=C\c1ccccc1C(F)(F)F)[C@@H]1COc2ccccc2O1. The molecule has 3 rings (SSSR count). The van der Waals surface area contributed by atoms with Crippen LogP contribution in [0.15, 0.2) is 53.6 Å². The molecule has 1 atom stereocenters. The van der Waals surface area contributed by atoms with E-state index in [4.69, 9.17) is 9.47 Å². The first-order valence-corrected chi connectivity index (χ1v) is 7.33. The summed E-state index contributed by atoms with van der Waals surface area (Å²) >= 11 is 0. The molecule has 0 unspecified atom stereocenters. The highest BCUT2D eigenvalue weighted by Crippen LogP contribution is 2.31. The number of nitrogens with zero attached hydrogens (tertiary/aromatic N) is 1. The number of hydrogen-bond acceptors (Lipinski definition) is 4. The maximum Gasteiger partial charge on any atom is 0.417 e. The first kappa shape index (κ1) is 16.8. The Morgan fingerprint density at radius 3 is 2.56 bits per heavy atom. The van der Waals surface area contributed by atoms with E-state index in [1.54, 1.807) is 24.3 Å². The highest BCUT2D eigenvalue weighted by Gasteiger charge is 2.32. The van der Waals surface area contributed by atoms with Gasteiger partial charge in [-0.3, -0.25) is 4.79 Å². The molecule has 8 heteroatoms. The quantitative estimate of drug-likeness (QED) is 0.684. The van der Waals surface area contributed by atoms with Crippen molar-refractivity contribution in [2.75, 3.05) is 6.61 Å². The number of rotatable bonds is 3. The number of alkyl halides is 3. The second kappa shape index (κ2) is 6.84. The third kappa shape index (κ3) is 3.90. The Morgan fingerprint density at radius 1 is 1.12 bits per heavy atom. The number of hydrogen-bond donors (Lipinski definition) is 1. The minimum Gasteiger partial charge on any atom is -0.485 e. The monoisotopic (exact) mass is 350 g/mol. The van der Waals surface area contributed by atoms with Gasteiger partial charge < -0.3 is 9.47 Å². The summed E-state index contributed by atoms with van der Waals surface area (Å²) in [5.41, 5.74) is 1.18. The van der Waals surface area contributed by atoms with Crippen molar-refractivity contribution in [1.29, 1.82) is 0 Å². The number of nitrogens with one attached hydrogen (secondary N) is 1. The Bertz CT molecular complexity index is 806. The van der Waals surface area contributed by atoms with Crippen molar-refractivity contribution >= 4 is 12.1 Å². The average Bonchev–Trinajstić information content (AvgIpc) is 2.60. The van der Waals surface area contributed by atoms with Crippen molar-refractivity contribution in [3.63, 3.8) is 0 Å². The molecule has 0 spiro atoms. The lowest BCUT2D eigenvalue weighted by atomic mass is 10.1. The molecule has 25 heavy (non-hydrogen) atoms. The summed E-state index contributed by atoms with van der Waals surface area (Å²) in [6.07, 6.45) is -4.50. The van der Waals surface area contributed by atoms with Crippen molar-refractivity contribution in [1.82, 2.24) is 5.43 Å². The first-order valence-electron chi connectivity index (χ1n) is 7.33. The summed E-state index contributed by atoms with van der Waals surface area (Å²) in [6, 6.07) is 11.8. The van der Waals surface area contributed by atoms with Crippen molar-refractivity contribution < 1.29 is 27.4 Å².